The van der Waals surface area contributed by atoms with Crippen molar-refractivity contribution in [2.45, 2.75) is 4.90 Å². The van der Waals surface area contributed by atoms with Crippen LogP contribution in [0.4, 0.5) is 0 Å². The van der Waals surface area contributed by atoms with Crippen molar-refractivity contribution in [3.8, 4) is 6.07 Å². The summed E-state index contributed by atoms with van der Waals surface area (Å²) in [5, 5.41) is 9.87. The predicted octanol–water partition coefficient (Wildman–Crippen LogP) is 1.84. The second-order valence-electron chi connectivity index (χ2n) is 3.81. The van der Waals surface area contributed by atoms with E-state index in [0.717, 1.165) is 10.1 Å². The molecule has 0 spiro atoms. The first kappa shape index (κ1) is 12.6. The highest BCUT2D eigenvalue weighted by molar-refractivity contribution is 8.13. The SMILES string of the molecule is CN(C)C(Sc1ccc(C#N)cc1)=[N+](C)C. The summed E-state index contributed by atoms with van der Waals surface area (Å²) < 4.78 is 2.07. The summed E-state index contributed by atoms with van der Waals surface area (Å²) in [5.41, 5.74) is 0.695. The van der Waals surface area contributed by atoms with Gasteiger partial charge in [0, 0.05) is 4.90 Å². The molecule has 1 aromatic rings. The van der Waals surface area contributed by atoms with Gasteiger partial charge in [0.05, 0.1) is 39.8 Å². The molecule has 0 fully saturated rings. The lowest BCUT2D eigenvalue weighted by molar-refractivity contribution is -0.466. The molecular weight excluding hydrogens is 218 g/mol. The summed E-state index contributed by atoms with van der Waals surface area (Å²) in [6.07, 6.45) is 0. The van der Waals surface area contributed by atoms with Crippen LogP contribution in [-0.4, -0.2) is 42.8 Å². The zero-order chi connectivity index (χ0) is 12.1. The zero-order valence-electron chi connectivity index (χ0n) is 10.1. The van der Waals surface area contributed by atoms with Gasteiger partial charge in [-0.1, -0.05) is 0 Å². The first-order valence-electron chi connectivity index (χ1n) is 4.94. The minimum Gasteiger partial charge on any atom is -0.261 e. The lowest BCUT2D eigenvalue weighted by Gasteiger charge is -2.10. The van der Waals surface area contributed by atoms with Crippen LogP contribution in [0.2, 0.25) is 0 Å². The topological polar surface area (TPSA) is 30.0 Å². The zero-order valence-corrected chi connectivity index (χ0v) is 10.9. The van der Waals surface area contributed by atoms with E-state index < -0.39 is 0 Å². The van der Waals surface area contributed by atoms with Crippen molar-refractivity contribution < 1.29 is 4.58 Å². The van der Waals surface area contributed by atoms with Gasteiger partial charge in [-0.15, -0.1) is 0 Å². The van der Waals surface area contributed by atoms with E-state index in [1.807, 2.05) is 52.5 Å². The average Bonchev–Trinajstić information content (AvgIpc) is 2.25. The maximum atomic E-state index is 8.71. The Morgan fingerprint density at radius 2 is 1.81 bits per heavy atom. The molecule has 0 atom stereocenters. The lowest BCUT2D eigenvalue weighted by Crippen LogP contribution is -2.26. The largest absolute Gasteiger partial charge is 0.312 e. The molecule has 0 radical (unpaired) electrons. The highest BCUT2D eigenvalue weighted by Gasteiger charge is 2.13. The number of thioether (sulfide) groups is 1. The number of rotatable bonds is 1. The Balaban J connectivity index is 2.88. The van der Waals surface area contributed by atoms with E-state index in [-0.39, 0.29) is 0 Å². The van der Waals surface area contributed by atoms with Gasteiger partial charge < -0.3 is 0 Å². The molecular formula is C12H16N3S+. The van der Waals surface area contributed by atoms with Crippen LogP contribution in [0, 0.1) is 11.3 Å². The minimum atomic E-state index is 0.695. The summed E-state index contributed by atoms with van der Waals surface area (Å²) >= 11 is 1.68. The fraction of sp³-hybridized carbons (Fsp3) is 0.333. The second-order valence-corrected chi connectivity index (χ2v) is 4.85. The summed E-state index contributed by atoms with van der Waals surface area (Å²) in [4.78, 5) is 3.21. The molecule has 0 N–H and O–H groups in total. The third-order valence-electron chi connectivity index (χ3n) is 1.96. The Morgan fingerprint density at radius 1 is 1.25 bits per heavy atom. The van der Waals surface area contributed by atoms with Gasteiger partial charge in [0.2, 0.25) is 0 Å². The highest BCUT2D eigenvalue weighted by atomic mass is 32.2. The highest BCUT2D eigenvalue weighted by Crippen LogP contribution is 2.20. The van der Waals surface area contributed by atoms with E-state index in [1.54, 1.807) is 11.8 Å². The van der Waals surface area contributed by atoms with E-state index in [1.165, 1.54) is 0 Å². The molecule has 16 heavy (non-hydrogen) atoms. The van der Waals surface area contributed by atoms with Crippen molar-refractivity contribution in [1.29, 1.82) is 5.26 Å². The molecule has 0 unspecified atom stereocenters. The maximum Gasteiger partial charge on any atom is 0.312 e. The first-order valence-corrected chi connectivity index (χ1v) is 5.76. The molecule has 0 saturated carbocycles. The van der Waals surface area contributed by atoms with Gasteiger partial charge in [0.15, 0.2) is 0 Å². The van der Waals surface area contributed by atoms with E-state index in [4.69, 9.17) is 5.26 Å². The first-order chi connectivity index (χ1) is 7.54. The van der Waals surface area contributed by atoms with Crippen molar-refractivity contribution in [1.82, 2.24) is 4.90 Å². The smallest absolute Gasteiger partial charge is 0.261 e. The summed E-state index contributed by atoms with van der Waals surface area (Å²) in [7, 11) is 8.08. The molecule has 0 heterocycles. The molecule has 0 amide bonds. The van der Waals surface area contributed by atoms with E-state index in [0.29, 0.717) is 5.56 Å². The fourth-order valence-corrected chi connectivity index (χ4v) is 2.13. The van der Waals surface area contributed by atoms with Crippen LogP contribution in [0.1, 0.15) is 5.56 Å². The third kappa shape index (κ3) is 3.28. The van der Waals surface area contributed by atoms with Gasteiger partial charge in [0.25, 0.3) is 0 Å². The Labute approximate surface area is 101 Å². The molecule has 1 aromatic carbocycles. The van der Waals surface area contributed by atoms with Crippen LogP contribution in [0.5, 0.6) is 0 Å². The van der Waals surface area contributed by atoms with Crippen molar-refractivity contribution in [3.63, 3.8) is 0 Å². The van der Waals surface area contributed by atoms with Gasteiger partial charge in [-0.2, -0.15) is 5.26 Å². The van der Waals surface area contributed by atoms with E-state index >= 15 is 0 Å². The summed E-state index contributed by atoms with van der Waals surface area (Å²) in [6.45, 7) is 0. The van der Waals surface area contributed by atoms with Crippen molar-refractivity contribution in [2.24, 2.45) is 0 Å². The van der Waals surface area contributed by atoms with Gasteiger partial charge in [0.1, 0.15) is 0 Å². The molecule has 0 bridgehead atoms. The number of hydrogen-bond acceptors (Lipinski definition) is 2. The quantitative estimate of drug-likeness (QED) is 0.321. The van der Waals surface area contributed by atoms with Gasteiger partial charge >= 0.3 is 5.17 Å². The molecule has 0 aliphatic rings. The number of amidine groups is 1. The fourth-order valence-electron chi connectivity index (χ4n) is 1.29. The van der Waals surface area contributed by atoms with Gasteiger partial charge in [-0.05, 0) is 36.0 Å². The number of hydrogen-bond donors (Lipinski definition) is 0. The van der Waals surface area contributed by atoms with Crippen LogP contribution in [0.3, 0.4) is 0 Å². The molecule has 1 rings (SSSR count). The Morgan fingerprint density at radius 3 is 2.19 bits per heavy atom. The van der Waals surface area contributed by atoms with Crippen LogP contribution < -0.4 is 0 Å². The second kappa shape index (κ2) is 5.57. The van der Waals surface area contributed by atoms with Crippen molar-refractivity contribution in [3.05, 3.63) is 29.8 Å². The Bertz CT molecular complexity index is 423. The third-order valence-corrected chi connectivity index (χ3v) is 3.38. The summed E-state index contributed by atoms with van der Waals surface area (Å²) in [6, 6.07) is 9.73. The van der Waals surface area contributed by atoms with E-state index in [9.17, 15) is 0 Å². The van der Waals surface area contributed by atoms with Crippen molar-refractivity contribution in [2.75, 3.05) is 28.2 Å². The standard InChI is InChI=1S/C12H16N3S/c1-14(2)12(15(3)4)16-11-7-5-10(9-13)6-8-11/h5-8H,1-4H3/q+1. The van der Waals surface area contributed by atoms with Crippen LogP contribution in [0.25, 0.3) is 0 Å². The van der Waals surface area contributed by atoms with Crippen LogP contribution in [0.15, 0.2) is 29.2 Å². The number of benzene rings is 1. The molecule has 0 aliphatic heterocycles. The van der Waals surface area contributed by atoms with Gasteiger partial charge in [-0.25, -0.2) is 0 Å². The normalized spacial score (nSPS) is 9.44. The van der Waals surface area contributed by atoms with Crippen molar-refractivity contribution >= 4 is 16.9 Å². The molecule has 0 saturated heterocycles. The molecule has 84 valence electrons. The van der Waals surface area contributed by atoms with E-state index in [2.05, 4.69) is 15.5 Å². The summed E-state index contributed by atoms with van der Waals surface area (Å²) in [5.74, 6) is 0. The number of nitrogens with zero attached hydrogens (tertiary/aromatic N) is 3. The van der Waals surface area contributed by atoms with Crippen LogP contribution in [-0.2, 0) is 0 Å². The number of nitriles is 1. The Kier molecular flexibility index (Phi) is 4.39. The molecule has 0 aromatic heterocycles. The molecule has 0 aliphatic carbocycles. The molecule has 3 nitrogen and oxygen atoms in total. The van der Waals surface area contributed by atoms with Gasteiger partial charge in [-0.3, -0.25) is 9.48 Å². The predicted molar refractivity (Wildman–Crippen MR) is 67.8 cm³/mol. The lowest BCUT2D eigenvalue weighted by atomic mass is 10.2. The van der Waals surface area contributed by atoms with Crippen LogP contribution >= 0.6 is 11.8 Å². The minimum absolute atomic E-state index is 0.695. The average molecular weight is 234 g/mol. The maximum absolute atomic E-state index is 8.71. The monoisotopic (exact) mass is 234 g/mol. The molecule has 4 heteroatoms. The Hall–Kier alpha value is -1.47.